The van der Waals surface area contributed by atoms with Crippen LogP contribution in [-0.4, -0.2) is 41.2 Å². The highest BCUT2D eigenvalue weighted by Crippen LogP contribution is 2.38. The maximum Gasteiger partial charge on any atom is 0.314 e. The molecule has 7 heteroatoms. The van der Waals surface area contributed by atoms with E-state index in [0.29, 0.717) is 48.3 Å². The van der Waals surface area contributed by atoms with Crippen molar-refractivity contribution in [1.82, 2.24) is 25.6 Å². The quantitative estimate of drug-likeness (QED) is 0.569. The average Bonchev–Trinajstić information content (AvgIpc) is 3.13. The van der Waals surface area contributed by atoms with Crippen LogP contribution in [0.1, 0.15) is 46.4 Å². The number of nitrogens with zero attached hydrogens (tertiary/aromatic N) is 2. The number of imidazole rings is 1. The molecule has 3 rings (SSSR count). The smallest absolute Gasteiger partial charge is 0.314 e. The lowest BCUT2D eigenvalue weighted by molar-refractivity contribution is 0.213. The standard InChI is InChI=1S/C23H35N5O2/c1-6-9-24-23(29)25-13-17-10-15(4)16(11-18(17)14(2)3)12-20-26-19-7-8-21(30-5)28-22(19)27-20/h7-8,10,14,16-18H,6,9,11-13H2,1-5H3,(H2,24,25,29)(H,26,27,28). The van der Waals surface area contributed by atoms with E-state index in [0.717, 1.165) is 30.6 Å². The summed E-state index contributed by atoms with van der Waals surface area (Å²) in [5.41, 5.74) is 3.00. The van der Waals surface area contributed by atoms with Crippen LogP contribution in [0.25, 0.3) is 11.2 Å². The Morgan fingerprint density at radius 2 is 2.10 bits per heavy atom. The van der Waals surface area contributed by atoms with E-state index in [2.05, 4.69) is 59.4 Å². The van der Waals surface area contributed by atoms with Crippen molar-refractivity contribution in [2.75, 3.05) is 20.2 Å². The van der Waals surface area contributed by atoms with Gasteiger partial charge in [0.05, 0.1) is 12.6 Å². The van der Waals surface area contributed by atoms with E-state index in [1.807, 2.05) is 12.1 Å². The molecule has 0 saturated carbocycles. The Labute approximate surface area is 179 Å². The first kappa shape index (κ1) is 22.1. The Morgan fingerprint density at radius 3 is 2.80 bits per heavy atom. The molecule has 3 atom stereocenters. The van der Waals surface area contributed by atoms with Crippen molar-refractivity contribution in [2.24, 2.45) is 23.7 Å². The fraction of sp³-hybridized carbons (Fsp3) is 0.609. The van der Waals surface area contributed by atoms with E-state index in [4.69, 9.17) is 4.74 Å². The third-order valence-corrected chi connectivity index (χ3v) is 6.14. The highest BCUT2D eigenvalue weighted by molar-refractivity contribution is 5.73. The Bertz CT molecular complexity index is 889. The molecule has 1 aliphatic rings. The number of hydrogen-bond donors (Lipinski definition) is 3. The summed E-state index contributed by atoms with van der Waals surface area (Å²) in [4.78, 5) is 24.5. The molecule has 0 aliphatic heterocycles. The van der Waals surface area contributed by atoms with Gasteiger partial charge in [-0.2, -0.15) is 4.98 Å². The number of fused-ring (bicyclic) bond motifs is 1. The Morgan fingerprint density at radius 1 is 1.30 bits per heavy atom. The van der Waals surface area contributed by atoms with Crippen molar-refractivity contribution in [3.05, 3.63) is 29.6 Å². The summed E-state index contributed by atoms with van der Waals surface area (Å²) in [7, 11) is 1.61. The third kappa shape index (κ3) is 5.32. The number of carbonyl (C=O) groups excluding carboxylic acids is 1. The van der Waals surface area contributed by atoms with E-state index in [-0.39, 0.29) is 6.03 Å². The van der Waals surface area contributed by atoms with Crippen LogP contribution < -0.4 is 15.4 Å². The summed E-state index contributed by atoms with van der Waals surface area (Å²) in [5, 5.41) is 5.94. The van der Waals surface area contributed by atoms with Crippen molar-refractivity contribution in [3.8, 4) is 5.88 Å². The molecular weight excluding hydrogens is 378 g/mol. The Hall–Kier alpha value is -2.57. The van der Waals surface area contributed by atoms with E-state index in [1.54, 1.807) is 7.11 Å². The molecule has 0 bridgehead atoms. The van der Waals surface area contributed by atoms with Crippen LogP contribution in [0.4, 0.5) is 4.79 Å². The van der Waals surface area contributed by atoms with Gasteiger partial charge in [0.2, 0.25) is 5.88 Å². The van der Waals surface area contributed by atoms with Gasteiger partial charge in [-0.05, 0) is 49.5 Å². The number of rotatable bonds is 8. The molecule has 1 aliphatic carbocycles. The maximum atomic E-state index is 12.0. The number of carbonyl (C=O) groups is 1. The van der Waals surface area contributed by atoms with Gasteiger partial charge in [0.25, 0.3) is 0 Å². The number of ether oxygens (including phenoxy) is 1. The first-order valence-corrected chi connectivity index (χ1v) is 11.0. The van der Waals surface area contributed by atoms with Gasteiger partial charge >= 0.3 is 6.03 Å². The Balaban J connectivity index is 1.70. The minimum atomic E-state index is -0.0715. The molecule has 0 saturated heterocycles. The lowest BCUT2D eigenvalue weighted by Gasteiger charge is -2.37. The second-order valence-electron chi connectivity index (χ2n) is 8.66. The van der Waals surface area contributed by atoms with Crippen LogP contribution in [0.2, 0.25) is 0 Å². The van der Waals surface area contributed by atoms with Crippen molar-refractivity contribution >= 4 is 17.2 Å². The Kier molecular flexibility index (Phi) is 7.34. The maximum absolute atomic E-state index is 12.0. The van der Waals surface area contributed by atoms with Gasteiger partial charge in [-0.15, -0.1) is 0 Å². The van der Waals surface area contributed by atoms with Crippen molar-refractivity contribution in [1.29, 1.82) is 0 Å². The zero-order valence-electron chi connectivity index (χ0n) is 18.8. The molecule has 3 unspecified atom stereocenters. The zero-order chi connectivity index (χ0) is 21.7. The number of amides is 2. The lowest BCUT2D eigenvalue weighted by atomic mass is 9.70. The number of allylic oxidation sites excluding steroid dienone is 1. The number of urea groups is 1. The molecule has 2 aromatic heterocycles. The van der Waals surface area contributed by atoms with Crippen molar-refractivity contribution in [2.45, 2.75) is 47.0 Å². The van der Waals surface area contributed by atoms with Gasteiger partial charge in [-0.3, -0.25) is 0 Å². The number of aromatic amines is 1. The average molecular weight is 414 g/mol. The highest BCUT2D eigenvalue weighted by Gasteiger charge is 2.32. The molecule has 0 fully saturated rings. The first-order chi connectivity index (χ1) is 14.4. The van der Waals surface area contributed by atoms with Gasteiger partial charge in [-0.1, -0.05) is 32.4 Å². The molecular formula is C23H35N5O2. The predicted molar refractivity (Wildman–Crippen MR) is 120 cm³/mol. The van der Waals surface area contributed by atoms with E-state index >= 15 is 0 Å². The first-order valence-electron chi connectivity index (χ1n) is 11.0. The summed E-state index contributed by atoms with van der Waals surface area (Å²) in [5.74, 6) is 3.39. The van der Waals surface area contributed by atoms with Crippen LogP contribution in [0, 0.1) is 23.7 Å². The minimum Gasteiger partial charge on any atom is -0.481 e. The molecule has 0 spiro atoms. The van der Waals surface area contributed by atoms with Gasteiger partial charge in [0.15, 0.2) is 5.65 Å². The summed E-state index contributed by atoms with van der Waals surface area (Å²) in [6, 6.07) is 3.74. The van der Waals surface area contributed by atoms with Crippen LogP contribution in [0.3, 0.4) is 0 Å². The molecule has 2 heterocycles. The largest absolute Gasteiger partial charge is 0.481 e. The number of nitrogens with one attached hydrogen (secondary N) is 3. The lowest BCUT2D eigenvalue weighted by Crippen LogP contribution is -2.41. The van der Waals surface area contributed by atoms with Crippen molar-refractivity contribution in [3.63, 3.8) is 0 Å². The van der Waals surface area contributed by atoms with Gasteiger partial charge in [0, 0.05) is 25.6 Å². The summed E-state index contributed by atoms with van der Waals surface area (Å²) < 4.78 is 5.20. The van der Waals surface area contributed by atoms with Crippen LogP contribution in [-0.2, 0) is 6.42 Å². The normalized spacial score (nSPS) is 21.5. The molecule has 2 amide bonds. The topological polar surface area (TPSA) is 91.9 Å². The summed E-state index contributed by atoms with van der Waals surface area (Å²) in [6.07, 6.45) is 5.26. The number of H-pyrrole nitrogens is 1. The molecule has 0 radical (unpaired) electrons. The van der Waals surface area contributed by atoms with Crippen molar-refractivity contribution < 1.29 is 9.53 Å². The van der Waals surface area contributed by atoms with Gasteiger partial charge in [-0.25, -0.2) is 9.78 Å². The molecule has 2 aromatic rings. The number of methoxy groups -OCH3 is 1. The number of aromatic nitrogens is 3. The summed E-state index contributed by atoms with van der Waals surface area (Å²) >= 11 is 0. The minimum absolute atomic E-state index is 0.0715. The second-order valence-corrected chi connectivity index (χ2v) is 8.66. The van der Waals surface area contributed by atoms with Crippen LogP contribution in [0.15, 0.2) is 23.8 Å². The van der Waals surface area contributed by atoms with Crippen LogP contribution >= 0.6 is 0 Å². The molecule has 164 valence electrons. The number of hydrogen-bond acceptors (Lipinski definition) is 4. The van der Waals surface area contributed by atoms with Gasteiger partial charge < -0.3 is 20.4 Å². The predicted octanol–water partition coefficient (Wildman–Crippen LogP) is 4.07. The molecule has 0 aromatic carbocycles. The third-order valence-electron chi connectivity index (χ3n) is 6.14. The van der Waals surface area contributed by atoms with E-state index < -0.39 is 0 Å². The molecule has 3 N–H and O–H groups in total. The monoisotopic (exact) mass is 413 g/mol. The SMILES string of the molecule is CCCNC(=O)NCC1C=C(C)C(Cc2nc3nc(OC)ccc3[nH]2)CC1C(C)C. The molecule has 7 nitrogen and oxygen atoms in total. The fourth-order valence-electron chi connectivity index (χ4n) is 4.39. The second kappa shape index (κ2) is 9.96. The molecule has 30 heavy (non-hydrogen) atoms. The zero-order valence-corrected chi connectivity index (χ0v) is 18.8. The van der Waals surface area contributed by atoms with Gasteiger partial charge in [0.1, 0.15) is 5.82 Å². The fourth-order valence-corrected chi connectivity index (χ4v) is 4.39. The van der Waals surface area contributed by atoms with Crippen LogP contribution in [0.5, 0.6) is 5.88 Å². The van der Waals surface area contributed by atoms with E-state index in [9.17, 15) is 4.79 Å². The summed E-state index contributed by atoms with van der Waals surface area (Å²) in [6.45, 7) is 10.2. The number of pyridine rings is 1. The highest BCUT2D eigenvalue weighted by atomic mass is 16.5. The van der Waals surface area contributed by atoms with E-state index in [1.165, 1.54) is 5.57 Å².